The van der Waals surface area contributed by atoms with Crippen LogP contribution in [0, 0.1) is 0 Å². The van der Waals surface area contributed by atoms with E-state index in [1.54, 1.807) is 6.20 Å². The number of hydrogen-bond acceptors (Lipinski definition) is 4. The zero-order chi connectivity index (χ0) is 13.0. The fourth-order valence-corrected chi connectivity index (χ4v) is 2.62. The molecule has 0 radical (unpaired) electrons. The van der Waals surface area contributed by atoms with E-state index in [9.17, 15) is 5.11 Å². The Bertz CT molecular complexity index is 401. The second-order valence-corrected chi connectivity index (χ2v) is 5.63. The van der Waals surface area contributed by atoms with Crippen molar-refractivity contribution < 1.29 is 9.84 Å². The molecule has 1 fully saturated rings. The summed E-state index contributed by atoms with van der Waals surface area (Å²) in [6.07, 6.45) is 5.39. The highest BCUT2D eigenvalue weighted by molar-refractivity contribution is 9.10. The molecule has 1 unspecified atom stereocenters. The molecule has 18 heavy (non-hydrogen) atoms. The van der Waals surface area contributed by atoms with Crippen LogP contribution >= 0.6 is 15.9 Å². The van der Waals surface area contributed by atoms with Gasteiger partial charge in [-0.1, -0.05) is 6.42 Å². The molecule has 1 aromatic rings. The summed E-state index contributed by atoms with van der Waals surface area (Å²) in [5.74, 6) is 0.541. The molecule has 4 nitrogen and oxygen atoms in total. The molecule has 1 aliphatic rings. The molecule has 0 aromatic carbocycles. The quantitative estimate of drug-likeness (QED) is 0.925. The van der Waals surface area contributed by atoms with Crippen molar-refractivity contribution in [1.82, 2.24) is 9.88 Å². The van der Waals surface area contributed by atoms with Crippen molar-refractivity contribution in [3.05, 3.63) is 22.3 Å². The highest BCUT2D eigenvalue weighted by Crippen LogP contribution is 2.21. The molecule has 1 aromatic heterocycles. The van der Waals surface area contributed by atoms with Gasteiger partial charge in [-0.2, -0.15) is 0 Å². The second-order valence-electron chi connectivity index (χ2n) is 4.72. The summed E-state index contributed by atoms with van der Waals surface area (Å²) < 4.78 is 6.61. The van der Waals surface area contributed by atoms with Gasteiger partial charge < -0.3 is 14.7 Å². The van der Waals surface area contributed by atoms with Gasteiger partial charge >= 0.3 is 0 Å². The molecular formula is C13H19BrN2O2. The highest BCUT2D eigenvalue weighted by Gasteiger charge is 2.20. The van der Waals surface area contributed by atoms with E-state index in [0.29, 0.717) is 18.5 Å². The predicted molar refractivity (Wildman–Crippen MR) is 73.6 cm³/mol. The summed E-state index contributed by atoms with van der Waals surface area (Å²) in [5.41, 5.74) is 0.725. The molecule has 1 aliphatic heterocycles. The maximum Gasteiger partial charge on any atom is 0.218 e. The van der Waals surface area contributed by atoms with E-state index in [-0.39, 0.29) is 6.61 Å². The van der Waals surface area contributed by atoms with E-state index in [2.05, 4.69) is 32.9 Å². The lowest BCUT2D eigenvalue weighted by atomic mass is 10.0. The van der Waals surface area contributed by atoms with Crippen LogP contribution in [0.15, 0.2) is 16.7 Å². The maximum atomic E-state index is 9.28. The van der Waals surface area contributed by atoms with E-state index >= 15 is 0 Å². The molecule has 0 saturated carbocycles. The fraction of sp³-hybridized carbons (Fsp3) is 0.615. The van der Waals surface area contributed by atoms with Crippen LogP contribution < -0.4 is 4.74 Å². The van der Waals surface area contributed by atoms with Crippen molar-refractivity contribution in [2.75, 3.05) is 20.2 Å². The average molecular weight is 315 g/mol. The van der Waals surface area contributed by atoms with Gasteiger partial charge in [-0.05, 0) is 48.4 Å². The third-order valence-corrected chi connectivity index (χ3v) is 3.83. The number of ether oxygens (including phenoxy) is 1. The highest BCUT2D eigenvalue weighted by atomic mass is 79.9. The maximum absolute atomic E-state index is 9.28. The predicted octanol–water partition coefficient (Wildman–Crippen LogP) is 2.20. The van der Waals surface area contributed by atoms with Gasteiger partial charge in [0.1, 0.15) is 6.61 Å². The summed E-state index contributed by atoms with van der Waals surface area (Å²) in [7, 11) is 2.13. The lowest BCUT2D eigenvalue weighted by Gasteiger charge is -2.32. The smallest absolute Gasteiger partial charge is 0.218 e. The molecular weight excluding hydrogens is 296 g/mol. The van der Waals surface area contributed by atoms with Gasteiger partial charge in [0.05, 0.1) is 6.61 Å². The molecule has 1 N–H and O–H groups in total. The van der Waals surface area contributed by atoms with Crippen LogP contribution in [0.2, 0.25) is 0 Å². The van der Waals surface area contributed by atoms with Crippen LogP contribution in [0.4, 0.5) is 0 Å². The Hall–Kier alpha value is -0.650. The third kappa shape index (κ3) is 3.43. The standard InChI is InChI=1S/C13H19BrN2O2/c1-16-5-3-2-4-12(16)9-18-13-10(8-17)6-11(14)7-15-13/h6-7,12,17H,2-5,8-9H2,1H3. The minimum Gasteiger partial charge on any atom is -0.476 e. The largest absolute Gasteiger partial charge is 0.476 e. The Labute approximate surface area is 116 Å². The number of nitrogens with zero attached hydrogens (tertiary/aromatic N) is 2. The third-order valence-electron chi connectivity index (χ3n) is 3.40. The van der Waals surface area contributed by atoms with Crippen molar-refractivity contribution in [2.24, 2.45) is 0 Å². The average Bonchev–Trinajstić information content (AvgIpc) is 2.39. The van der Waals surface area contributed by atoms with Crippen LogP contribution in [0.5, 0.6) is 5.88 Å². The van der Waals surface area contributed by atoms with Gasteiger partial charge in [-0.3, -0.25) is 0 Å². The molecule has 0 bridgehead atoms. The first kappa shape index (κ1) is 13.8. The molecule has 1 saturated heterocycles. The Balaban J connectivity index is 1.97. The van der Waals surface area contributed by atoms with Gasteiger partial charge in [0.25, 0.3) is 0 Å². The summed E-state index contributed by atoms with van der Waals surface area (Å²) in [6, 6.07) is 2.29. The lowest BCUT2D eigenvalue weighted by molar-refractivity contribution is 0.120. The SMILES string of the molecule is CN1CCCCC1COc1ncc(Br)cc1CO. The van der Waals surface area contributed by atoms with Gasteiger partial charge in [0.15, 0.2) is 0 Å². The van der Waals surface area contributed by atoms with Crippen molar-refractivity contribution in [2.45, 2.75) is 31.9 Å². The van der Waals surface area contributed by atoms with Gasteiger partial charge in [-0.15, -0.1) is 0 Å². The molecule has 0 amide bonds. The van der Waals surface area contributed by atoms with Crippen LogP contribution in [0.25, 0.3) is 0 Å². The molecule has 100 valence electrons. The molecule has 0 aliphatic carbocycles. The Morgan fingerprint density at radius 3 is 3.11 bits per heavy atom. The number of aromatic nitrogens is 1. The number of halogens is 1. The van der Waals surface area contributed by atoms with Crippen LogP contribution in [-0.4, -0.2) is 41.2 Å². The van der Waals surface area contributed by atoms with E-state index in [1.807, 2.05) is 6.07 Å². The topological polar surface area (TPSA) is 45.6 Å². The van der Waals surface area contributed by atoms with Crippen molar-refractivity contribution >= 4 is 15.9 Å². The number of hydrogen-bond donors (Lipinski definition) is 1. The van der Waals surface area contributed by atoms with Crippen molar-refractivity contribution in [3.8, 4) is 5.88 Å². The van der Waals surface area contributed by atoms with E-state index in [4.69, 9.17) is 4.74 Å². The fourth-order valence-electron chi connectivity index (χ4n) is 2.24. The van der Waals surface area contributed by atoms with Crippen LogP contribution in [0.3, 0.4) is 0 Å². The first-order valence-electron chi connectivity index (χ1n) is 6.29. The minimum absolute atomic E-state index is 0.0533. The first-order chi connectivity index (χ1) is 8.70. The molecule has 5 heteroatoms. The molecule has 2 heterocycles. The monoisotopic (exact) mass is 314 g/mol. The first-order valence-corrected chi connectivity index (χ1v) is 7.08. The van der Waals surface area contributed by atoms with Gasteiger partial charge in [0.2, 0.25) is 5.88 Å². The number of likely N-dealkylation sites (N-methyl/N-ethyl adjacent to an activating group) is 1. The van der Waals surface area contributed by atoms with E-state index < -0.39 is 0 Å². The van der Waals surface area contributed by atoms with Crippen molar-refractivity contribution in [3.63, 3.8) is 0 Å². The van der Waals surface area contributed by atoms with E-state index in [1.165, 1.54) is 19.3 Å². The Morgan fingerprint density at radius 1 is 1.56 bits per heavy atom. The zero-order valence-corrected chi connectivity index (χ0v) is 12.2. The number of pyridine rings is 1. The molecule has 0 spiro atoms. The van der Waals surface area contributed by atoms with E-state index in [0.717, 1.165) is 16.6 Å². The van der Waals surface area contributed by atoms with Crippen LogP contribution in [-0.2, 0) is 6.61 Å². The minimum atomic E-state index is -0.0533. The zero-order valence-electron chi connectivity index (χ0n) is 10.6. The summed E-state index contributed by atoms with van der Waals surface area (Å²) in [4.78, 5) is 6.55. The Morgan fingerprint density at radius 2 is 2.39 bits per heavy atom. The van der Waals surface area contributed by atoms with Gasteiger partial charge in [0, 0.05) is 22.3 Å². The number of piperidine rings is 1. The Kier molecular flexibility index (Phi) is 4.97. The van der Waals surface area contributed by atoms with Crippen molar-refractivity contribution in [1.29, 1.82) is 0 Å². The summed E-state index contributed by atoms with van der Waals surface area (Å²) in [6.45, 7) is 1.72. The number of likely N-dealkylation sites (tertiary alicyclic amines) is 1. The number of aliphatic hydroxyl groups is 1. The van der Waals surface area contributed by atoms with Crippen LogP contribution in [0.1, 0.15) is 24.8 Å². The lowest BCUT2D eigenvalue weighted by Crippen LogP contribution is -2.40. The number of aliphatic hydroxyl groups excluding tert-OH is 1. The molecule has 2 rings (SSSR count). The normalized spacial score (nSPS) is 20.9. The summed E-state index contributed by atoms with van der Waals surface area (Å²) in [5, 5.41) is 9.28. The summed E-state index contributed by atoms with van der Waals surface area (Å²) >= 11 is 3.34. The molecule has 1 atom stereocenters. The second kappa shape index (κ2) is 6.50. The number of rotatable bonds is 4. The van der Waals surface area contributed by atoms with Gasteiger partial charge in [-0.25, -0.2) is 4.98 Å².